The van der Waals surface area contributed by atoms with Gasteiger partial charge in [0.1, 0.15) is 0 Å². The molecule has 125 valence electrons. The first-order valence-electron chi connectivity index (χ1n) is 6.78. The van der Waals surface area contributed by atoms with Gasteiger partial charge in [0, 0.05) is 0 Å². The zero-order valence-corrected chi connectivity index (χ0v) is 18.5. The van der Waals surface area contributed by atoms with Crippen molar-refractivity contribution in [3.63, 3.8) is 0 Å². The van der Waals surface area contributed by atoms with E-state index in [2.05, 4.69) is 17.2 Å². The standard InChI is InChI=1S/3C4H10O.C3H7N.Ta/c3*1-4(2,3)5;1-3(2)4;/h3*5H,1-3H3;3H,1-2H3;. The molecule has 0 bridgehead atoms. The van der Waals surface area contributed by atoms with Gasteiger partial charge in [-0.15, -0.1) is 0 Å². The van der Waals surface area contributed by atoms with Crippen LogP contribution in [0.2, 0.25) is 0 Å². The van der Waals surface area contributed by atoms with E-state index >= 15 is 0 Å². The molecule has 0 aliphatic heterocycles. The average Bonchev–Trinajstić information content (AvgIpc) is 1.93. The Bertz CT molecular complexity index is 164. The molecular weight excluding hydrogens is 423 g/mol. The van der Waals surface area contributed by atoms with E-state index in [0.29, 0.717) is 6.04 Å². The van der Waals surface area contributed by atoms with Crippen LogP contribution in [0.15, 0.2) is 3.34 Å². The van der Waals surface area contributed by atoms with Gasteiger partial charge in [-0.25, -0.2) is 0 Å². The fourth-order valence-corrected chi connectivity index (χ4v) is 0. The molecule has 5 heteroatoms. The molecule has 0 saturated carbocycles. The Morgan fingerprint density at radius 3 is 0.700 bits per heavy atom. The fourth-order valence-electron chi connectivity index (χ4n) is 0. The summed E-state index contributed by atoms with van der Waals surface area (Å²) >= 11 is 1.16. The molecule has 0 spiro atoms. The van der Waals surface area contributed by atoms with Gasteiger partial charge in [-0.3, -0.25) is 0 Å². The summed E-state index contributed by atoms with van der Waals surface area (Å²) < 4.78 is 4.00. The van der Waals surface area contributed by atoms with Gasteiger partial charge in [-0.05, 0) is 62.3 Å². The monoisotopic (exact) mass is 460 g/mol. The molecule has 0 aliphatic rings. The third-order valence-corrected chi connectivity index (χ3v) is 1.89. The topological polar surface area (TPSA) is 73.0 Å². The molecule has 0 aromatic rings. The Labute approximate surface area is 138 Å². The molecule has 0 aromatic carbocycles. The van der Waals surface area contributed by atoms with E-state index in [0.717, 1.165) is 20.9 Å². The van der Waals surface area contributed by atoms with E-state index in [1.165, 1.54) is 0 Å². The second-order valence-electron chi connectivity index (χ2n) is 7.72. The van der Waals surface area contributed by atoms with Gasteiger partial charge in [0.25, 0.3) is 0 Å². The van der Waals surface area contributed by atoms with Crippen LogP contribution in [0.1, 0.15) is 76.2 Å². The van der Waals surface area contributed by atoms with Crippen molar-refractivity contribution < 1.29 is 36.2 Å². The third kappa shape index (κ3) is 954. The molecular formula is C15H37NO3Ta. The number of rotatable bonds is 1. The predicted molar refractivity (Wildman–Crippen MR) is 83.5 cm³/mol. The summed E-state index contributed by atoms with van der Waals surface area (Å²) in [6.07, 6.45) is 0. The minimum atomic E-state index is -0.500. The van der Waals surface area contributed by atoms with Crippen LogP contribution in [0, 0.1) is 0 Å². The van der Waals surface area contributed by atoms with E-state index in [9.17, 15) is 0 Å². The van der Waals surface area contributed by atoms with E-state index in [-0.39, 0.29) is 0 Å². The first kappa shape index (κ1) is 28.6. The van der Waals surface area contributed by atoms with Crippen LogP contribution < -0.4 is 0 Å². The molecule has 0 aromatic heterocycles. The number of hydrogen-bond donors (Lipinski definition) is 3. The fraction of sp³-hybridized carbons (Fsp3) is 1.00. The van der Waals surface area contributed by atoms with E-state index < -0.39 is 16.8 Å². The molecule has 0 saturated heterocycles. The Morgan fingerprint density at radius 2 is 0.700 bits per heavy atom. The number of aliphatic hydroxyl groups is 3. The molecule has 0 atom stereocenters. The van der Waals surface area contributed by atoms with E-state index in [4.69, 9.17) is 15.3 Å². The van der Waals surface area contributed by atoms with Gasteiger partial charge in [-0.1, -0.05) is 0 Å². The predicted octanol–water partition coefficient (Wildman–Crippen LogP) is 3.46. The molecule has 0 amide bonds. The van der Waals surface area contributed by atoms with E-state index in [1.807, 2.05) is 0 Å². The van der Waals surface area contributed by atoms with Crippen molar-refractivity contribution in [1.29, 1.82) is 0 Å². The van der Waals surface area contributed by atoms with Crippen LogP contribution in [0.4, 0.5) is 0 Å². The zero-order valence-electron chi connectivity index (χ0n) is 15.3. The molecule has 0 aliphatic carbocycles. The molecule has 0 rings (SSSR count). The summed E-state index contributed by atoms with van der Waals surface area (Å²) in [6, 6.07) is 0.559. The van der Waals surface area contributed by atoms with Gasteiger partial charge in [0.2, 0.25) is 0 Å². The quantitative estimate of drug-likeness (QED) is 0.561. The molecule has 0 fully saturated rings. The molecule has 0 heterocycles. The molecule has 20 heavy (non-hydrogen) atoms. The maximum absolute atomic E-state index is 8.52. The van der Waals surface area contributed by atoms with Crippen LogP contribution in [-0.4, -0.2) is 38.2 Å². The molecule has 0 radical (unpaired) electrons. The minimum absolute atomic E-state index is 0.500. The summed E-state index contributed by atoms with van der Waals surface area (Å²) in [5.74, 6) is 0. The second kappa shape index (κ2) is 13.1. The van der Waals surface area contributed by atoms with Crippen molar-refractivity contribution in [3.8, 4) is 0 Å². The molecule has 3 N–H and O–H groups in total. The van der Waals surface area contributed by atoms with Crippen molar-refractivity contribution in [1.82, 2.24) is 0 Å². The van der Waals surface area contributed by atoms with Crippen molar-refractivity contribution >= 4 is 0 Å². The zero-order chi connectivity index (χ0) is 17.8. The van der Waals surface area contributed by atoms with Gasteiger partial charge in [0.05, 0.1) is 16.8 Å². The van der Waals surface area contributed by atoms with E-state index in [1.54, 1.807) is 62.3 Å². The number of nitrogens with zero attached hydrogens (tertiary/aromatic N) is 1. The summed E-state index contributed by atoms with van der Waals surface area (Å²) in [6.45, 7) is 19.9. The Balaban J connectivity index is -0.0000000853. The van der Waals surface area contributed by atoms with Crippen molar-refractivity contribution in [2.45, 2.75) is 99.0 Å². The summed E-state index contributed by atoms with van der Waals surface area (Å²) in [5.41, 5.74) is -1.50. The van der Waals surface area contributed by atoms with Crippen molar-refractivity contribution in [2.24, 2.45) is 3.34 Å². The van der Waals surface area contributed by atoms with Crippen LogP contribution in [0.25, 0.3) is 0 Å². The number of hydrogen-bond acceptors (Lipinski definition) is 4. The Morgan fingerprint density at radius 1 is 0.650 bits per heavy atom. The van der Waals surface area contributed by atoms with Crippen LogP contribution >= 0.6 is 0 Å². The van der Waals surface area contributed by atoms with Crippen LogP contribution in [0.3, 0.4) is 0 Å². The maximum atomic E-state index is 8.52. The van der Waals surface area contributed by atoms with Gasteiger partial charge < -0.3 is 15.3 Å². The normalized spacial score (nSPS) is 11.1. The van der Waals surface area contributed by atoms with Gasteiger partial charge in [0.15, 0.2) is 0 Å². The average molecular weight is 460 g/mol. The summed E-state index contributed by atoms with van der Waals surface area (Å²) in [5, 5.41) is 25.6. The van der Waals surface area contributed by atoms with Crippen molar-refractivity contribution in [2.75, 3.05) is 0 Å². The molecule has 4 nitrogen and oxygen atoms in total. The van der Waals surface area contributed by atoms with Gasteiger partial charge >= 0.3 is 44.1 Å². The first-order valence-corrected chi connectivity index (χ1v) is 8.22. The second-order valence-corrected chi connectivity index (χ2v) is 8.55. The summed E-state index contributed by atoms with van der Waals surface area (Å²) in [4.78, 5) is 0. The third-order valence-electron chi connectivity index (χ3n) is 0.231. The first-order chi connectivity index (χ1) is 8.27. The SMILES string of the molecule is CC(C)(C)O.CC(C)(C)O.CC(C)(C)O.CC(C)[N]=[Ta]. The van der Waals surface area contributed by atoms with Crippen LogP contribution in [0.5, 0.6) is 0 Å². The van der Waals surface area contributed by atoms with Crippen molar-refractivity contribution in [3.05, 3.63) is 0 Å². The molecule has 0 unspecified atom stereocenters. The summed E-state index contributed by atoms with van der Waals surface area (Å²) in [7, 11) is 0. The Kier molecular flexibility index (Phi) is 18.7. The van der Waals surface area contributed by atoms with Gasteiger partial charge in [-0.2, -0.15) is 0 Å². The Hall–Kier alpha value is 0.420. The van der Waals surface area contributed by atoms with Crippen LogP contribution in [-0.2, 0) is 20.9 Å².